The second-order valence-corrected chi connectivity index (χ2v) is 6.34. The molecule has 0 bridgehead atoms. The van der Waals surface area contributed by atoms with Gasteiger partial charge >= 0.3 is 6.03 Å². The van der Waals surface area contributed by atoms with Gasteiger partial charge in [-0.15, -0.1) is 0 Å². The zero-order chi connectivity index (χ0) is 18.0. The molecule has 0 aliphatic carbocycles. The van der Waals surface area contributed by atoms with Crippen molar-refractivity contribution in [3.05, 3.63) is 59.4 Å². The molecule has 3 rings (SSSR count). The first-order valence-electron chi connectivity index (χ1n) is 8.17. The van der Waals surface area contributed by atoms with Crippen LogP contribution in [0.25, 0.3) is 0 Å². The maximum Gasteiger partial charge on any atom is 0.325 e. The Hall–Kier alpha value is -2.89. The van der Waals surface area contributed by atoms with Gasteiger partial charge in [0.15, 0.2) is 5.54 Å². The summed E-state index contributed by atoms with van der Waals surface area (Å²) in [4.78, 5) is 30.4. The lowest BCUT2D eigenvalue weighted by Gasteiger charge is -2.21. The molecule has 2 aromatic rings. The number of hydrogen-bond acceptors (Lipinski definition) is 4. The van der Waals surface area contributed by atoms with Gasteiger partial charge in [-0.1, -0.05) is 18.2 Å². The van der Waals surface area contributed by atoms with E-state index < -0.39 is 11.6 Å². The smallest absolute Gasteiger partial charge is 0.325 e. The number of amides is 3. The average Bonchev–Trinajstić information content (AvgIpc) is 2.83. The quantitative estimate of drug-likeness (QED) is 0.850. The van der Waals surface area contributed by atoms with Gasteiger partial charge in [-0.2, -0.15) is 0 Å². The molecule has 1 N–H and O–H groups in total. The fourth-order valence-corrected chi connectivity index (χ4v) is 2.84. The Morgan fingerprint density at radius 1 is 1.20 bits per heavy atom. The molecule has 1 aliphatic rings. The van der Waals surface area contributed by atoms with Crippen molar-refractivity contribution in [2.24, 2.45) is 0 Å². The zero-order valence-corrected chi connectivity index (χ0v) is 14.6. The molecule has 1 saturated heterocycles. The minimum Gasteiger partial charge on any atom is -0.491 e. The van der Waals surface area contributed by atoms with Crippen LogP contribution in [0.2, 0.25) is 0 Å². The summed E-state index contributed by atoms with van der Waals surface area (Å²) in [5, 5.41) is 2.73. The van der Waals surface area contributed by atoms with E-state index in [1.807, 2.05) is 32.0 Å². The van der Waals surface area contributed by atoms with E-state index >= 15 is 0 Å². The van der Waals surface area contributed by atoms with Gasteiger partial charge in [-0.25, -0.2) is 4.79 Å². The lowest BCUT2D eigenvalue weighted by Crippen LogP contribution is -2.42. The van der Waals surface area contributed by atoms with Gasteiger partial charge in [0.2, 0.25) is 0 Å². The summed E-state index contributed by atoms with van der Waals surface area (Å²) < 4.78 is 5.76. The van der Waals surface area contributed by atoms with Crippen LogP contribution in [-0.2, 0) is 10.3 Å². The number of carbonyl (C=O) groups is 2. The van der Waals surface area contributed by atoms with E-state index in [0.29, 0.717) is 5.69 Å². The van der Waals surface area contributed by atoms with Crippen LogP contribution in [0.3, 0.4) is 0 Å². The second kappa shape index (κ2) is 6.55. The molecule has 0 saturated carbocycles. The van der Waals surface area contributed by atoms with Crippen molar-refractivity contribution in [2.45, 2.75) is 26.3 Å². The first kappa shape index (κ1) is 17.0. The molecule has 1 aliphatic heterocycles. The fourth-order valence-electron chi connectivity index (χ4n) is 2.84. The number of benzene rings is 1. The molecule has 25 heavy (non-hydrogen) atoms. The third kappa shape index (κ3) is 3.20. The standard InChI is InChI=1S/C19H21N3O3/c1-13-7-8-14(2)15(12-13)25-11-10-22-17(23)19(3,21-18(22)24)16-6-4-5-9-20-16/h4-9,12H,10-11H2,1-3H3,(H,21,24). The van der Waals surface area contributed by atoms with Crippen molar-refractivity contribution in [3.63, 3.8) is 0 Å². The second-order valence-electron chi connectivity index (χ2n) is 6.34. The summed E-state index contributed by atoms with van der Waals surface area (Å²) in [6.07, 6.45) is 1.60. The first-order chi connectivity index (χ1) is 11.9. The van der Waals surface area contributed by atoms with Gasteiger partial charge in [0.1, 0.15) is 12.4 Å². The van der Waals surface area contributed by atoms with Crippen LogP contribution < -0.4 is 10.1 Å². The molecule has 0 radical (unpaired) electrons. The maximum absolute atomic E-state index is 12.7. The summed E-state index contributed by atoms with van der Waals surface area (Å²) in [7, 11) is 0. The lowest BCUT2D eigenvalue weighted by atomic mass is 9.97. The summed E-state index contributed by atoms with van der Waals surface area (Å²) in [5.41, 5.74) is 1.49. The molecule has 1 aromatic heterocycles. The SMILES string of the molecule is Cc1ccc(C)c(OCCN2C(=O)NC(C)(c3ccccn3)C2=O)c1. The van der Waals surface area contributed by atoms with Crippen molar-refractivity contribution < 1.29 is 14.3 Å². The highest BCUT2D eigenvalue weighted by Crippen LogP contribution is 2.27. The average molecular weight is 339 g/mol. The van der Waals surface area contributed by atoms with Gasteiger partial charge in [0, 0.05) is 6.20 Å². The Kier molecular flexibility index (Phi) is 4.44. The summed E-state index contributed by atoms with van der Waals surface area (Å²) >= 11 is 0. The molecule has 130 valence electrons. The number of hydrogen-bond donors (Lipinski definition) is 1. The summed E-state index contributed by atoms with van der Waals surface area (Å²) in [6, 6.07) is 10.8. The summed E-state index contributed by atoms with van der Waals surface area (Å²) in [6.45, 7) is 6.03. The Balaban J connectivity index is 1.68. The van der Waals surface area contributed by atoms with Crippen LogP contribution >= 0.6 is 0 Å². The Labute approximate surface area is 146 Å². The Bertz CT molecular complexity index is 807. The molecule has 6 nitrogen and oxygen atoms in total. The van der Waals surface area contributed by atoms with E-state index in [1.165, 1.54) is 4.90 Å². The van der Waals surface area contributed by atoms with E-state index in [4.69, 9.17) is 4.74 Å². The van der Waals surface area contributed by atoms with Crippen molar-refractivity contribution in [2.75, 3.05) is 13.2 Å². The van der Waals surface area contributed by atoms with Crippen molar-refractivity contribution in [1.29, 1.82) is 0 Å². The predicted molar refractivity (Wildman–Crippen MR) is 93.2 cm³/mol. The number of imide groups is 1. The molecule has 1 aromatic carbocycles. The first-order valence-corrected chi connectivity index (χ1v) is 8.17. The van der Waals surface area contributed by atoms with E-state index in [9.17, 15) is 9.59 Å². The number of carbonyl (C=O) groups excluding carboxylic acids is 2. The molecule has 2 heterocycles. The molecular weight excluding hydrogens is 318 g/mol. The van der Waals surface area contributed by atoms with E-state index in [2.05, 4.69) is 10.3 Å². The summed E-state index contributed by atoms with van der Waals surface area (Å²) in [5.74, 6) is 0.445. The highest BCUT2D eigenvalue weighted by Gasteiger charge is 2.49. The lowest BCUT2D eigenvalue weighted by molar-refractivity contribution is -0.131. The molecule has 1 atom stereocenters. The third-order valence-corrected chi connectivity index (χ3v) is 4.37. The van der Waals surface area contributed by atoms with Crippen LogP contribution in [0.4, 0.5) is 4.79 Å². The molecule has 1 unspecified atom stereocenters. The number of urea groups is 1. The van der Waals surface area contributed by atoms with E-state index in [0.717, 1.165) is 16.9 Å². The maximum atomic E-state index is 12.7. The topological polar surface area (TPSA) is 71.5 Å². The Morgan fingerprint density at radius 3 is 2.72 bits per heavy atom. The number of pyridine rings is 1. The number of aromatic nitrogens is 1. The van der Waals surface area contributed by atoms with Crippen LogP contribution in [0, 0.1) is 13.8 Å². The molecular formula is C19H21N3O3. The van der Waals surface area contributed by atoms with Crippen molar-refractivity contribution in [1.82, 2.24) is 15.2 Å². The largest absolute Gasteiger partial charge is 0.491 e. The zero-order valence-electron chi connectivity index (χ0n) is 14.6. The molecule has 3 amide bonds. The van der Waals surface area contributed by atoms with Crippen LogP contribution in [0.15, 0.2) is 42.6 Å². The number of ether oxygens (including phenoxy) is 1. The molecule has 6 heteroatoms. The van der Waals surface area contributed by atoms with Crippen LogP contribution in [-0.4, -0.2) is 35.0 Å². The van der Waals surface area contributed by atoms with Gasteiger partial charge in [0.05, 0.1) is 12.2 Å². The predicted octanol–water partition coefficient (Wildman–Crippen LogP) is 2.54. The van der Waals surface area contributed by atoms with Gasteiger partial charge < -0.3 is 10.1 Å². The fraction of sp³-hybridized carbons (Fsp3) is 0.316. The third-order valence-electron chi connectivity index (χ3n) is 4.37. The van der Waals surface area contributed by atoms with Crippen LogP contribution in [0.5, 0.6) is 5.75 Å². The van der Waals surface area contributed by atoms with E-state index in [-0.39, 0.29) is 19.1 Å². The number of nitrogens with one attached hydrogen (secondary N) is 1. The molecule has 1 fully saturated rings. The Morgan fingerprint density at radius 2 is 2.00 bits per heavy atom. The van der Waals surface area contributed by atoms with Gasteiger partial charge in [-0.3, -0.25) is 14.7 Å². The molecule has 0 spiro atoms. The normalized spacial score (nSPS) is 19.9. The highest BCUT2D eigenvalue weighted by atomic mass is 16.5. The number of nitrogens with zero attached hydrogens (tertiary/aromatic N) is 2. The highest BCUT2D eigenvalue weighted by molar-refractivity contribution is 6.06. The number of rotatable bonds is 5. The van der Waals surface area contributed by atoms with Gasteiger partial charge in [-0.05, 0) is 50.1 Å². The monoisotopic (exact) mass is 339 g/mol. The van der Waals surface area contributed by atoms with Crippen molar-refractivity contribution in [3.8, 4) is 5.75 Å². The van der Waals surface area contributed by atoms with Gasteiger partial charge in [0.25, 0.3) is 5.91 Å². The number of aryl methyl sites for hydroxylation is 2. The van der Waals surface area contributed by atoms with Crippen molar-refractivity contribution >= 4 is 11.9 Å². The minimum absolute atomic E-state index is 0.181. The minimum atomic E-state index is -1.14. The van der Waals surface area contributed by atoms with E-state index in [1.54, 1.807) is 31.3 Å². The van der Waals surface area contributed by atoms with Crippen LogP contribution in [0.1, 0.15) is 23.7 Å².